The van der Waals surface area contributed by atoms with Gasteiger partial charge in [-0.2, -0.15) is 0 Å². The molecule has 1 aromatic carbocycles. The molecule has 0 spiro atoms. The van der Waals surface area contributed by atoms with Crippen LogP contribution >= 0.6 is 0 Å². The van der Waals surface area contributed by atoms with Crippen LogP contribution in [0.1, 0.15) is 24.2 Å². The van der Waals surface area contributed by atoms with Gasteiger partial charge in [0.15, 0.2) is 0 Å². The van der Waals surface area contributed by atoms with Crippen molar-refractivity contribution in [1.29, 1.82) is 0 Å². The molecule has 132 valence electrons. The lowest BCUT2D eigenvalue weighted by Gasteiger charge is -2.26. The number of aliphatic hydroxyl groups is 1. The van der Waals surface area contributed by atoms with Crippen LogP contribution in [0, 0.1) is 5.92 Å². The van der Waals surface area contributed by atoms with Crippen molar-refractivity contribution in [2.24, 2.45) is 5.92 Å². The molecule has 1 heterocycles. The van der Waals surface area contributed by atoms with Gasteiger partial charge in [-0.15, -0.1) is 0 Å². The van der Waals surface area contributed by atoms with E-state index < -0.39 is 17.4 Å². The molecule has 0 bridgehead atoms. The van der Waals surface area contributed by atoms with E-state index in [4.69, 9.17) is 4.42 Å². The molecule has 2 aromatic rings. The quantitative estimate of drug-likeness (QED) is 0.663. The second kappa shape index (κ2) is 7.53. The van der Waals surface area contributed by atoms with Crippen LogP contribution in [0.25, 0.3) is 0 Å². The number of furan rings is 1. The highest BCUT2D eigenvalue weighted by Crippen LogP contribution is 2.45. The summed E-state index contributed by atoms with van der Waals surface area (Å²) in [4.78, 5) is 23.9. The van der Waals surface area contributed by atoms with Crippen LogP contribution in [0.15, 0.2) is 53.1 Å². The maximum Gasteiger partial charge on any atom is 0.309 e. The lowest BCUT2D eigenvalue weighted by molar-refractivity contribution is -0.140. The Morgan fingerprint density at radius 3 is 2.44 bits per heavy atom. The summed E-state index contributed by atoms with van der Waals surface area (Å²) in [5, 5.41) is 15.9. The van der Waals surface area contributed by atoms with E-state index in [9.17, 15) is 14.7 Å². The Labute approximate surface area is 146 Å². The molecule has 25 heavy (non-hydrogen) atoms. The molecule has 1 saturated carbocycles. The zero-order valence-corrected chi connectivity index (χ0v) is 13.9. The smallest absolute Gasteiger partial charge is 0.309 e. The fourth-order valence-electron chi connectivity index (χ4n) is 2.86. The average Bonchev–Trinajstić information content (AvgIpc) is 3.35. The highest BCUT2D eigenvalue weighted by Gasteiger charge is 2.47. The number of hydrogen-bond donors (Lipinski definition) is 3. The largest absolute Gasteiger partial charge is 0.466 e. The minimum absolute atomic E-state index is 0.0418. The summed E-state index contributed by atoms with van der Waals surface area (Å²) in [5.74, 6) is -0.993. The third-order valence-electron chi connectivity index (χ3n) is 4.47. The monoisotopic (exact) mass is 342 g/mol. The molecule has 6 nitrogen and oxygen atoms in total. The topological polar surface area (TPSA) is 91.6 Å². The second-order valence-corrected chi connectivity index (χ2v) is 6.35. The fourth-order valence-corrected chi connectivity index (χ4v) is 2.86. The van der Waals surface area contributed by atoms with Crippen molar-refractivity contribution in [3.63, 3.8) is 0 Å². The van der Waals surface area contributed by atoms with Gasteiger partial charge in [0.25, 0.3) is 0 Å². The highest BCUT2D eigenvalue weighted by molar-refractivity contribution is 6.35. The first-order valence-electron chi connectivity index (χ1n) is 8.46. The summed E-state index contributed by atoms with van der Waals surface area (Å²) in [7, 11) is 0. The molecule has 2 amide bonds. The normalized spacial score (nSPS) is 16.0. The molecule has 0 aliphatic heterocycles. The Balaban J connectivity index is 1.47. The Bertz CT molecular complexity index is 710. The van der Waals surface area contributed by atoms with Crippen molar-refractivity contribution in [1.82, 2.24) is 10.6 Å². The molecule has 0 saturated heterocycles. The second-order valence-electron chi connectivity index (χ2n) is 6.35. The van der Waals surface area contributed by atoms with Crippen LogP contribution in [0.2, 0.25) is 0 Å². The van der Waals surface area contributed by atoms with Gasteiger partial charge in [0.2, 0.25) is 0 Å². The van der Waals surface area contributed by atoms with Gasteiger partial charge in [0.05, 0.1) is 12.8 Å². The minimum Gasteiger partial charge on any atom is -0.466 e. The standard InChI is InChI=1S/C19H22N2O4/c22-17(20-11-10-14-5-2-1-3-6-14)18(23)21-13-19(24,15-8-9-15)16-7-4-12-25-16/h1-7,12,15,24H,8-11,13H2,(H,20,22)(H,21,23)/t19-/m1/s1. The third kappa shape index (κ3) is 4.28. The molecule has 1 aliphatic carbocycles. The van der Waals surface area contributed by atoms with Gasteiger partial charge in [-0.05, 0) is 42.9 Å². The molecule has 0 unspecified atom stereocenters. The minimum atomic E-state index is -1.26. The third-order valence-corrected chi connectivity index (χ3v) is 4.47. The Morgan fingerprint density at radius 2 is 1.80 bits per heavy atom. The summed E-state index contributed by atoms with van der Waals surface area (Å²) >= 11 is 0. The fraction of sp³-hybridized carbons (Fsp3) is 0.368. The number of hydrogen-bond acceptors (Lipinski definition) is 4. The van der Waals surface area contributed by atoms with E-state index in [0.717, 1.165) is 18.4 Å². The van der Waals surface area contributed by atoms with Gasteiger partial charge >= 0.3 is 11.8 Å². The predicted octanol–water partition coefficient (Wildman–Crippen LogP) is 1.35. The molecule has 1 atom stereocenters. The first-order chi connectivity index (χ1) is 12.1. The zero-order valence-electron chi connectivity index (χ0n) is 13.9. The van der Waals surface area contributed by atoms with Crippen molar-refractivity contribution in [3.8, 4) is 0 Å². The van der Waals surface area contributed by atoms with Crippen LogP contribution in [-0.2, 0) is 21.6 Å². The van der Waals surface area contributed by atoms with Crippen LogP contribution in [-0.4, -0.2) is 30.0 Å². The van der Waals surface area contributed by atoms with E-state index in [1.807, 2.05) is 30.3 Å². The van der Waals surface area contributed by atoms with E-state index in [0.29, 0.717) is 18.7 Å². The number of nitrogens with one attached hydrogen (secondary N) is 2. The van der Waals surface area contributed by atoms with Gasteiger partial charge in [-0.1, -0.05) is 30.3 Å². The van der Waals surface area contributed by atoms with Crippen molar-refractivity contribution >= 4 is 11.8 Å². The zero-order chi connectivity index (χ0) is 17.7. The molecular formula is C19H22N2O4. The van der Waals surface area contributed by atoms with E-state index in [1.54, 1.807) is 12.1 Å². The Kier molecular flexibility index (Phi) is 5.19. The van der Waals surface area contributed by atoms with Crippen molar-refractivity contribution in [2.45, 2.75) is 24.9 Å². The van der Waals surface area contributed by atoms with E-state index in [1.165, 1.54) is 6.26 Å². The Hall–Kier alpha value is -2.60. The SMILES string of the molecule is O=C(NCCc1ccccc1)C(=O)NC[C@](O)(c1ccco1)C1CC1. The predicted molar refractivity (Wildman–Crippen MR) is 91.5 cm³/mol. The number of amides is 2. The molecule has 0 radical (unpaired) electrons. The van der Waals surface area contributed by atoms with Gasteiger partial charge in [-0.3, -0.25) is 9.59 Å². The van der Waals surface area contributed by atoms with Gasteiger partial charge in [0.1, 0.15) is 11.4 Å². The van der Waals surface area contributed by atoms with Crippen molar-refractivity contribution in [3.05, 3.63) is 60.1 Å². The molecular weight excluding hydrogens is 320 g/mol. The number of rotatable bonds is 7. The summed E-state index contributed by atoms with van der Waals surface area (Å²) in [6.45, 7) is 0.331. The molecule has 1 aromatic heterocycles. The van der Waals surface area contributed by atoms with E-state index >= 15 is 0 Å². The van der Waals surface area contributed by atoms with Crippen LogP contribution in [0.3, 0.4) is 0 Å². The average molecular weight is 342 g/mol. The summed E-state index contributed by atoms with van der Waals surface area (Å²) in [6.07, 6.45) is 3.88. The van der Waals surface area contributed by atoms with Crippen LogP contribution in [0.4, 0.5) is 0 Å². The first kappa shape index (κ1) is 17.2. The van der Waals surface area contributed by atoms with Gasteiger partial charge in [0, 0.05) is 6.54 Å². The van der Waals surface area contributed by atoms with Crippen LogP contribution < -0.4 is 10.6 Å². The van der Waals surface area contributed by atoms with Gasteiger partial charge in [-0.25, -0.2) is 0 Å². The molecule has 1 aliphatic rings. The lowest BCUT2D eigenvalue weighted by atomic mass is 9.94. The first-order valence-corrected chi connectivity index (χ1v) is 8.46. The number of benzene rings is 1. The molecule has 6 heteroatoms. The number of carbonyl (C=O) groups excluding carboxylic acids is 2. The molecule has 3 rings (SSSR count). The van der Waals surface area contributed by atoms with E-state index in [-0.39, 0.29) is 12.5 Å². The summed E-state index contributed by atoms with van der Waals surface area (Å²) < 4.78 is 5.30. The van der Waals surface area contributed by atoms with Crippen molar-refractivity contribution < 1.29 is 19.1 Å². The summed E-state index contributed by atoms with van der Waals surface area (Å²) in [5.41, 5.74) is -0.173. The van der Waals surface area contributed by atoms with Crippen molar-refractivity contribution in [2.75, 3.05) is 13.1 Å². The van der Waals surface area contributed by atoms with E-state index in [2.05, 4.69) is 10.6 Å². The maximum atomic E-state index is 12.0. The van der Waals surface area contributed by atoms with Crippen LogP contribution in [0.5, 0.6) is 0 Å². The van der Waals surface area contributed by atoms with Gasteiger partial charge < -0.3 is 20.2 Å². The lowest BCUT2D eigenvalue weighted by Crippen LogP contribution is -2.47. The number of carbonyl (C=O) groups is 2. The molecule has 1 fully saturated rings. The highest BCUT2D eigenvalue weighted by atomic mass is 16.4. The maximum absolute atomic E-state index is 12.0. The summed E-state index contributed by atoms with van der Waals surface area (Å²) in [6, 6.07) is 13.1. The Morgan fingerprint density at radius 1 is 1.08 bits per heavy atom. The molecule has 3 N–H and O–H groups in total.